The van der Waals surface area contributed by atoms with E-state index in [1.165, 1.54) is 12.1 Å². The molecular formula is C31H27ClF3N5O. The van der Waals surface area contributed by atoms with Crippen molar-refractivity contribution in [2.24, 2.45) is 7.05 Å². The summed E-state index contributed by atoms with van der Waals surface area (Å²) >= 11 is 7.11. The van der Waals surface area contributed by atoms with Crippen molar-refractivity contribution < 1.29 is 18.3 Å². The molecule has 10 heteroatoms. The zero-order valence-electron chi connectivity index (χ0n) is 22.5. The van der Waals surface area contributed by atoms with Crippen LogP contribution in [-0.4, -0.2) is 37.7 Å². The molecule has 210 valence electrons. The molecule has 6 nitrogen and oxygen atoms in total. The molecule has 0 amide bonds. The SMILES string of the molecule is Cc1ccc(C(O)(c2ccc3nc(N4CCC4)c(Cc4ccc(C(F)(F)F)cc4)c(Cl)c3c2)c2cncn2C)cn1. The summed E-state index contributed by atoms with van der Waals surface area (Å²) in [5.41, 5.74) is 2.29. The smallest absolute Gasteiger partial charge is 0.374 e. The topological polar surface area (TPSA) is 67.1 Å². The second-order valence-electron chi connectivity index (χ2n) is 10.5. The quantitative estimate of drug-likeness (QED) is 0.252. The molecule has 1 aliphatic rings. The molecule has 3 aromatic heterocycles. The van der Waals surface area contributed by atoms with Gasteiger partial charge >= 0.3 is 6.18 Å². The standard InChI is InChI=1S/C31H27ClF3N5O/c1-19-4-7-23(16-37-19)30(41,27-17-36-18-39(27)2)22-10-11-26-24(15-22)28(32)25(29(38-26)40-12-3-13-40)14-20-5-8-21(9-6-20)31(33,34)35/h4-11,15-18,41H,3,12-14H2,1-2H3. The number of halogens is 4. The van der Waals surface area contributed by atoms with E-state index in [4.69, 9.17) is 16.6 Å². The van der Waals surface area contributed by atoms with Crippen LogP contribution in [-0.2, 0) is 25.2 Å². The Balaban J connectivity index is 1.50. The van der Waals surface area contributed by atoms with Crippen molar-refractivity contribution in [1.82, 2.24) is 19.5 Å². The average Bonchev–Trinajstić information content (AvgIpc) is 3.36. The van der Waals surface area contributed by atoms with Gasteiger partial charge in [0, 0.05) is 55.0 Å². The Kier molecular flexibility index (Phi) is 6.74. The lowest BCUT2D eigenvalue weighted by atomic mass is 9.83. The molecule has 1 aliphatic heterocycles. The summed E-state index contributed by atoms with van der Waals surface area (Å²) in [5, 5.41) is 13.4. The Morgan fingerprint density at radius 2 is 1.66 bits per heavy atom. The van der Waals surface area contributed by atoms with Gasteiger partial charge in [0.25, 0.3) is 0 Å². The van der Waals surface area contributed by atoms with E-state index >= 15 is 0 Å². The van der Waals surface area contributed by atoms with Crippen LogP contribution >= 0.6 is 11.6 Å². The van der Waals surface area contributed by atoms with Gasteiger partial charge in [0.2, 0.25) is 0 Å². The number of benzene rings is 2. The second-order valence-corrected chi connectivity index (χ2v) is 10.8. The lowest BCUT2D eigenvalue weighted by molar-refractivity contribution is -0.137. The molecule has 0 aliphatic carbocycles. The minimum atomic E-state index is -4.41. The third-order valence-electron chi connectivity index (χ3n) is 7.75. The fourth-order valence-electron chi connectivity index (χ4n) is 5.29. The number of aryl methyl sites for hydroxylation is 2. The van der Waals surface area contributed by atoms with Crippen molar-refractivity contribution in [3.63, 3.8) is 0 Å². The maximum atomic E-state index is 13.1. The fraction of sp³-hybridized carbons (Fsp3) is 0.258. The van der Waals surface area contributed by atoms with Gasteiger partial charge in [0.15, 0.2) is 5.60 Å². The van der Waals surface area contributed by atoms with Gasteiger partial charge in [-0.1, -0.05) is 35.9 Å². The highest BCUT2D eigenvalue weighted by atomic mass is 35.5. The van der Waals surface area contributed by atoms with Crippen LogP contribution in [0.25, 0.3) is 10.9 Å². The average molecular weight is 578 g/mol. The number of pyridine rings is 2. The number of nitrogens with zero attached hydrogens (tertiary/aromatic N) is 5. The molecule has 1 saturated heterocycles. The van der Waals surface area contributed by atoms with E-state index in [1.54, 1.807) is 23.3 Å². The summed E-state index contributed by atoms with van der Waals surface area (Å²) in [5.74, 6) is 0.728. The van der Waals surface area contributed by atoms with Gasteiger partial charge in [-0.2, -0.15) is 13.2 Å². The van der Waals surface area contributed by atoms with Crippen LogP contribution in [0.3, 0.4) is 0 Å². The molecule has 1 N–H and O–H groups in total. The Bertz CT molecular complexity index is 1730. The second kappa shape index (κ2) is 10.2. The minimum absolute atomic E-state index is 0.309. The summed E-state index contributed by atoms with van der Waals surface area (Å²) in [6.07, 6.45) is 1.82. The number of alkyl halides is 3. The van der Waals surface area contributed by atoms with Gasteiger partial charge < -0.3 is 14.6 Å². The summed E-state index contributed by atoms with van der Waals surface area (Å²) < 4.78 is 41.2. The predicted molar refractivity (Wildman–Crippen MR) is 152 cm³/mol. The molecule has 0 radical (unpaired) electrons. The van der Waals surface area contributed by atoms with Gasteiger partial charge in [-0.15, -0.1) is 0 Å². The number of aliphatic hydroxyl groups is 1. The van der Waals surface area contributed by atoms with Crippen molar-refractivity contribution in [1.29, 1.82) is 0 Å². The number of aromatic nitrogens is 4. The Labute approximate surface area is 240 Å². The van der Waals surface area contributed by atoms with Gasteiger partial charge in [0.1, 0.15) is 5.82 Å². The first-order chi connectivity index (χ1) is 19.6. The van der Waals surface area contributed by atoms with E-state index < -0.39 is 17.3 Å². The van der Waals surface area contributed by atoms with E-state index in [2.05, 4.69) is 14.9 Å². The Morgan fingerprint density at radius 3 is 2.24 bits per heavy atom. The number of imidazole rings is 1. The number of rotatable bonds is 6. The van der Waals surface area contributed by atoms with Crippen LogP contribution < -0.4 is 4.90 Å². The molecule has 0 bridgehead atoms. The monoisotopic (exact) mass is 577 g/mol. The highest BCUT2D eigenvalue weighted by Gasteiger charge is 2.37. The number of anilines is 1. The summed E-state index contributed by atoms with van der Waals surface area (Å²) in [6.45, 7) is 3.53. The number of hydrogen-bond donors (Lipinski definition) is 1. The number of hydrogen-bond acceptors (Lipinski definition) is 5. The van der Waals surface area contributed by atoms with Crippen molar-refractivity contribution in [2.75, 3.05) is 18.0 Å². The molecule has 0 saturated carbocycles. The highest BCUT2D eigenvalue weighted by Crippen LogP contribution is 2.41. The van der Waals surface area contributed by atoms with Crippen LogP contribution in [0, 0.1) is 6.92 Å². The Morgan fingerprint density at radius 1 is 0.951 bits per heavy atom. The summed E-state index contributed by atoms with van der Waals surface area (Å²) in [6, 6.07) is 14.3. The predicted octanol–water partition coefficient (Wildman–Crippen LogP) is 6.43. The van der Waals surface area contributed by atoms with Crippen LogP contribution in [0.15, 0.2) is 73.3 Å². The van der Waals surface area contributed by atoms with Gasteiger partial charge in [-0.25, -0.2) is 9.97 Å². The van der Waals surface area contributed by atoms with Crippen LogP contribution in [0.4, 0.5) is 19.0 Å². The van der Waals surface area contributed by atoms with Gasteiger partial charge in [-0.05, 0) is 54.8 Å². The zero-order chi connectivity index (χ0) is 28.9. The van der Waals surface area contributed by atoms with E-state index in [-0.39, 0.29) is 0 Å². The molecule has 5 aromatic rings. The molecule has 6 rings (SSSR count). The fourth-order valence-corrected chi connectivity index (χ4v) is 5.59. The molecule has 41 heavy (non-hydrogen) atoms. The van der Waals surface area contributed by atoms with E-state index in [0.717, 1.165) is 48.7 Å². The molecule has 1 fully saturated rings. The zero-order valence-corrected chi connectivity index (χ0v) is 23.2. The largest absolute Gasteiger partial charge is 0.416 e. The molecule has 2 aromatic carbocycles. The van der Waals surface area contributed by atoms with E-state index in [1.807, 2.05) is 44.3 Å². The number of fused-ring (bicyclic) bond motifs is 1. The van der Waals surface area contributed by atoms with Gasteiger partial charge in [0.05, 0.1) is 34.3 Å². The van der Waals surface area contributed by atoms with Crippen molar-refractivity contribution in [3.8, 4) is 0 Å². The molecule has 4 heterocycles. The van der Waals surface area contributed by atoms with Gasteiger partial charge in [-0.3, -0.25) is 4.98 Å². The third-order valence-corrected chi connectivity index (χ3v) is 8.18. The summed E-state index contributed by atoms with van der Waals surface area (Å²) in [4.78, 5) is 15.7. The van der Waals surface area contributed by atoms with Crippen LogP contribution in [0.1, 0.15) is 45.6 Å². The Hall–Kier alpha value is -3.95. The highest BCUT2D eigenvalue weighted by molar-refractivity contribution is 6.36. The van der Waals surface area contributed by atoms with E-state index in [9.17, 15) is 18.3 Å². The molecule has 1 atom stereocenters. The van der Waals surface area contributed by atoms with Crippen LogP contribution in [0.5, 0.6) is 0 Å². The van der Waals surface area contributed by atoms with Crippen molar-refractivity contribution in [2.45, 2.75) is 31.5 Å². The molecule has 0 spiro atoms. The minimum Gasteiger partial charge on any atom is -0.374 e. The van der Waals surface area contributed by atoms with Crippen molar-refractivity contribution in [3.05, 3.63) is 118 Å². The lowest BCUT2D eigenvalue weighted by Crippen LogP contribution is -2.38. The first-order valence-corrected chi connectivity index (χ1v) is 13.6. The first-order valence-electron chi connectivity index (χ1n) is 13.2. The maximum Gasteiger partial charge on any atom is 0.416 e. The molecule has 1 unspecified atom stereocenters. The normalized spacial score (nSPS) is 15.1. The first kappa shape index (κ1) is 27.2. The molecular weight excluding hydrogens is 551 g/mol. The van der Waals surface area contributed by atoms with Crippen molar-refractivity contribution >= 4 is 28.3 Å². The third kappa shape index (κ3) is 4.83. The summed E-state index contributed by atoms with van der Waals surface area (Å²) in [7, 11) is 1.81. The maximum absolute atomic E-state index is 13.1. The lowest BCUT2D eigenvalue weighted by Gasteiger charge is -2.34. The van der Waals surface area contributed by atoms with Crippen LogP contribution in [0.2, 0.25) is 5.02 Å². The van der Waals surface area contributed by atoms with E-state index in [0.29, 0.717) is 44.7 Å².